The monoisotopic (exact) mass is 486 g/mol. The predicted molar refractivity (Wildman–Crippen MR) is 124 cm³/mol. The first-order chi connectivity index (χ1) is 12.8. The van der Waals surface area contributed by atoms with E-state index in [4.69, 9.17) is 4.99 Å². The summed E-state index contributed by atoms with van der Waals surface area (Å²) in [6.45, 7) is 9.28. The molecule has 0 saturated heterocycles. The summed E-state index contributed by atoms with van der Waals surface area (Å²) in [6.07, 6.45) is 8.93. The molecule has 27 heavy (non-hydrogen) atoms. The first-order valence-corrected chi connectivity index (χ1v) is 10.1. The number of aryl methyl sites for hydroxylation is 1. The number of halogens is 1. The number of hydrogen-bond donors (Lipinski definition) is 2. The van der Waals surface area contributed by atoms with Gasteiger partial charge >= 0.3 is 0 Å². The first-order valence-electron chi connectivity index (χ1n) is 10.1. The number of aliphatic imine (C=N–C) groups is 1. The number of hydrogen-bond acceptors (Lipinski definition) is 3. The van der Waals surface area contributed by atoms with Crippen LogP contribution in [-0.4, -0.2) is 40.2 Å². The Morgan fingerprint density at radius 3 is 2.74 bits per heavy atom. The molecule has 1 unspecified atom stereocenters. The lowest BCUT2D eigenvalue weighted by molar-refractivity contribution is 0.461. The van der Waals surface area contributed by atoms with Crippen LogP contribution in [0.2, 0.25) is 0 Å². The molecule has 0 aromatic carbocycles. The summed E-state index contributed by atoms with van der Waals surface area (Å²) in [7, 11) is 0. The standard InChI is InChI=1S/C20H34N6.HI/c1-4-7-11-17(5-2)16-23-20(21-6-3)22-14-10-13-19-25-24-18-12-8-9-15-26(18)19;/h8-9,12,15,17H,4-7,10-11,13-14,16H2,1-3H3,(H2,21,22,23);1H. The van der Waals surface area contributed by atoms with Crippen molar-refractivity contribution in [1.82, 2.24) is 25.2 Å². The zero-order chi connectivity index (χ0) is 18.6. The van der Waals surface area contributed by atoms with E-state index in [-0.39, 0.29) is 24.0 Å². The molecule has 0 spiro atoms. The van der Waals surface area contributed by atoms with Gasteiger partial charge in [-0.25, -0.2) is 0 Å². The van der Waals surface area contributed by atoms with E-state index in [9.17, 15) is 0 Å². The largest absolute Gasteiger partial charge is 0.357 e. The van der Waals surface area contributed by atoms with Gasteiger partial charge in [-0.15, -0.1) is 34.2 Å². The first kappa shape index (κ1) is 23.7. The van der Waals surface area contributed by atoms with Gasteiger partial charge in [0.1, 0.15) is 5.82 Å². The van der Waals surface area contributed by atoms with E-state index in [1.807, 2.05) is 24.4 Å². The summed E-state index contributed by atoms with van der Waals surface area (Å²) >= 11 is 0. The molecule has 0 aliphatic carbocycles. The zero-order valence-corrected chi connectivity index (χ0v) is 19.3. The van der Waals surface area contributed by atoms with Crippen LogP contribution in [0, 0.1) is 5.92 Å². The topological polar surface area (TPSA) is 66.6 Å². The molecule has 0 radical (unpaired) electrons. The second-order valence-electron chi connectivity index (χ2n) is 6.71. The van der Waals surface area contributed by atoms with Crippen LogP contribution in [0.25, 0.3) is 5.65 Å². The summed E-state index contributed by atoms with van der Waals surface area (Å²) in [5, 5.41) is 15.3. The lowest BCUT2D eigenvalue weighted by atomic mass is 10.00. The molecular formula is C20H35IN6. The number of nitrogens with zero attached hydrogens (tertiary/aromatic N) is 4. The maximum absolute atomic E-state index is 4.78. The summed E-state index contributed by atoms with van der Waals surface area (Å²) in [5.74, 6) is 2.62. The third-order valence-electron chi connectivity index (χ3n) is 4.65. The van der Waals surface area contributed by atoms with Gasteiger partial charge in [0.15, 0.2) is 11.6 Å². The molecule has 2 heterocycles. The van der Waals surface area contributed by atoms with Gasteiger partial charge in [0.05, 0.1) is 0 Å². The van der Waals surface area contributed by atoms with E-state index >= 15 is 0 Å². The Kier molecular flexibility index (Phi) is 12.0. The van der Waals surface area contributed by atoms with Crippen molar-refractivity contribution in [1.29, 1.82) is 0 Å². The molecule has 0 fully saturated rings. The van der Waals surface area contributed by atoms with Gasteiger partial charge < -0.3 is 10.6 Å². The number of guanidine groups is 1. The average Bonchev–Trinajstić information content (AvgIpc) is 3.08. The molecule has 0 aliphatic heterocycles. The van der Waals surface area contributed by atoms with Crippen LogP contribution in [0.5, 0.6) is 0 Å². The number of aromatic nitrogens is 3. The highest BCUT2D eigenvalue weighted by atomic mass is 127. The highest BCUT2D eigenvalue weighted by molar-refractivity contribution is 14.0. The summed E-state index contributed by atoms with van der Waals surface area (Å²) < 4.78 is 2.05. The quantitative estimate of drug-likeness (QED) is 0.218. The van der Waals surface area contributed by atoms with Crippen LogP contribution in [0.3, 0.4) is 0 Å². The van der Waals surface area contributed by atoms with Crippen molar-refractivity contribution in [3.8, 4) is 0 Å². The molecule has 2 rings (SSSR count). The van der Waals surface area contributed by atoms with Crippen LogP contribution < -0.4 is 10.6 Å². The third kappa shape index (κ3) is 8.02. The Balaban J connectivity index is 0.00000364. The number of unbranched alkanes of at least 4 members (excludes halogenated alkanes) is 1. The van der Waals surface area contributed by atoms with E-state index in [1.165, 1.54) is 25.7 Å². The van der Waals surface area contributed by atoms with Crippen LogP contribution in [-0.2, 0) is 6.42 Å². The fourth-order valence-electron chi connectivity index (χ4n) is 2.99. The number of fused-ring (bicyclic) bond motifs is 1. The second kappa shape index (κ2) is 13.7. The predicted octanol–water partition coefficient (Wildman–Crippen LogP) is 4.05. The molecule has 0 saturated carbocycles. The van der Waals surface area contributed by atoms with Crippen molar-refractivity contribution in [3.63, 3.8) is 0 Å². The van der Waals surface area contributed by atoms with Gasteiger partial charge in [0.2, 0.25) is 0 Å². The number of rotatable bonds is 11. The van der Waals surface area contributed by atoms with Gasteiger partial charge in [-0.3, -0.25) is 9.39 Å². The molecule has 2 aromatic rings. The molecule has 152 valence electrons. The minimum absolute atomic E-state index is 0. The van der Waals surface area contributed by atoms with Crippen molar-refractivity contribution < 1.29 is 0 Å². The number of pyridine rings is 1. The van der Waals surface area contributed by atoms with E-state index in [1.54, 1.807) is 0 Å². The maximum Gasteiger partial charge on any atom is 0.191 e. The summed E-state index contributed by atoms with van der Waals surface area (Å²) in [6, 6.07) is 5.97. The number of nitrogens with one attached hydrogen (secondary N) is 2. The fourth-order valence-corrected chi connectivity index (χ4v) is 2.99. The molecule has 0 bridgehead atoms. The Morgan fingerprint density at radius 2 is 2.00 bits per heavy atom. The minimum Gasteiger partial charge on any atom is -0.357 e. The van der Waals surface area contributed by atoms with Gasteiger partial charge in [0.25, 0.3) is 0 Å². The Morgan fingerprint density at radius 1 is 1.15 bits per heavy atom. The van der Waals surface area contributed by atoms with Crippen LogP contribution in [0.4, 0.5) is 0 Å². The van der Waals surface area contributed by atoms with Crippen molar-refractivity contribution in [2.75, 3.05) is 19.6 Å². The van der Waals surface area contributed by atoms with E-state index in [0.717, 1.165) is 49.9 Å². The molecule has 7 heteroatoms. The van der Waals surface area contributed by atoms with E-state index in [2.05, 4.69) is 46.0 Å². The average molecular weight is 486 g/mol. The van der Waals surface area contributed by atoms with Crippen molar-refractivity contribution in [2.24, 2.45) is 10.9 Å². The van der Waals surface area contributed by atoms with E-state index < -0.39 is 0 Å². The molecule has 6 nitrogen and oxygen atoms in total. The Labute approximate surface area is 180 Å². The lowest BCUT2D eigenvalue weighted by Gasteiger charge is -2.15. The molecular weight excluding hydrogens is 451 g/mol. The highest BCUT2D eigenvalue weighted by Gasteiger charge is 2.07. The highest BCUT2D eigenvalue weighted by Crippen LogP contribution is 2.12. The molecule has 0 aliphatic rings. The molecule has 2 aromatic heterocycles. The van der Waals surface area contributed by atoms with E-state index in [0.29, 0.717) is 5.92 Å². The third-order valence-corrected chi connectivity index (χ3v) is 4.65. The normalized spacial score (nSPS) is 12.6. The van der Waals surface area contributed by atoms with Crippen molar-refractivity contribution in [3.05, 3.63) is 30.2 Å². The zero-order valence-electron chi connectivity index (χ0n) is 16.9. The second-order valence-corrected chi connectivity index (χ2v) is 6.71. The van der Waals surface area contributed by atoms with Gasteiger partial charge in [-0.05, 0) is 37.8 Å². The van der Waals surface area contributed by atoms with Crippen molar-refractivity contribution in [2.45, 2.75) is 59.3 Å². The smallest absolute Gasteiger partial charge is 0.191 e. The maximum atomic E-state index is 4.78. The van der Waals surface area contributed by atoms with Crippen molar-refractivity contribution >= 4 is 35.6 Å². The fraction of sp³-hybridized carbons (Fsp3) is 0.650. The minimum atomic E-state index is 0. The van der Waals surface area contributed by atoms with Crippen LogP contribution in [0.1, 0.15) is 58.7 Å². The lowest BCUT2D eigenvalue weighted by Crippen LogP contribution is -2.38. The SMILES string of the molecule is CCCCC(CC)CN=C(NCC)NCCCc1nnc2ccccn12.I. The molecule has 2 N–H and O–H groups in total. The molecule has 0 amide bonds. The van der Waals surface area contributed by atoms with Crippen LogP contribution >= 0.6 is 24.0 Å². The van der Waals surface area contributed by atoms with Gasteiger partial charge in [-0.1, -0.05) is 39.2 Å². The van der Waals surface area contributed by atoms with Gasteiger partial charge in [0, 0.05) is 32.3 Å². The Bertz CT molecular complexity index is 669. The Hall–Kier alpha value is -1.38. The summed E-state index contributed by atoms with van der Waals surface area (Å²) in [4.78, 5) is 4.78. The van der Waals surface area contributed by atoms with Gasteiger partial charge in [-0.2, -0.15) is 0 Å². The molecule has 1 atom stereocenters. The summed E-state index contributed by atoms with van der Waals surface area (Å²) in [5.41, 5.74) is 0.906. The van der Waals surface area contributed by atoms with Crippen LogP contribution in [0.15, 0.2) is 29.4 Å².